The Morgan fingerprint density at radius 3 is 2.38 bits per heavy atom. The zero-order valence-corrected chi connectivity index (χ0v) is 19.5. The molecule has 3 aromatic rings. The van der Waals surface area contributed by atoms with Gasteiger partial charge in [-0.05, 0) is 55.5 Å². The van der Waals surface area contributed by atoms with Gasteiger partial charge in [-0.3, -0.25) is 9.10 Å². The van der Waals surface area contributed by atoms with Crippen molar-refractivity contribution in [3.8, 4) is 17.2 Å². The van der Waals surface area contributed by atoms with Crippen LogP contribution in [0.15, 0.2) is 83.8 Å². The van der Waals surface area contributed by atoms with Gasteiger partial charge in [-0.1, -0.05) is 30.3 Å². The second-order valence-electron chi connectivity index (χ2n) is 7.55. The standard InChI is InChI=1S/C25H26N2O6S/c1-2-31-20-14-12-19(13-15-20)27(34(29,30)22-8-4-3-5-9-22)17-25(28)26-16-21-18-32-23-10-6-7-11-24(23)33-21/h3-15,21H,2,16-18H2,1H3,(H,26,28). The predicted molar refractivity (Wildman–Crippen MR) is 128 cm³/mol. The summed E-state index contributed by atoms with van der Waals surface area (Å²) in [4.78, 5) is 12.9. The van der Waals surface area contributed by atoms with E-state index in [4.69, 9.17) is 14.2 Å². The number of amides is 1. The fourth-order valence-corrected chi connectivity index (χ4v) is 4.93. The summed E-state index contributed by atoms with van der Waals surface area (Å²) in [6, 6.07) is 21.9. The first-order valence-electron chi connectivity index (χ1n) is 10.9. The first-order valence-corrected chi connectivity index (χ1v) is 12.4. The molecular formula is C25H26N2O6S. The lowest BCUT2D eigenvalue weighted by molar-refractivity contribution is -0.120. The van der Waals surface area contributed by atoms with Gasteiger partial charge in [0.1, 0.15) is 25.0 Å². The summed E-state index contributed by atoms with van der Waals surface area (Å²) in [6.07, 6.45) is -0.386. The highest BCUT2D eigenvalue weighted by molar-refractivity contribution is 7.92. The van der Waals surface area contributed by atoms with Crippen LogP contribution in [0.5, 0.6) is 17.2 Å². The summed E-state index contributed by atoms with van der Waals surface area (Å²) in [6.45, 7) is 2.42. The van der Waals surface area contributed by atoms with Crippen molar-refractivity contribution in [2.24, 2.45) is 0 Å². The molecule has 1 heterocycles. The van der Waals surface area contributed by atoms with E-state index in [2.05, 4.69) is 5.32 Å². The van der Waals surface area contributed by atoms with Crippen LogP contribution in [0.3, 0.4) is 0 Å². The van der Waals surface area contributed by atoms with Crippen molar-refractivity contribution in [2.45, 2.75) is 17.9 Å². The average molecular weight is 483 g/mol. The highest BCUT2D eigenvalue weighted by Crippen LogP contribution is 2.30. The first kappa shape index (κ1) is 23.4. The smallest absolute Gasteiger partial charge is 0.264 e. The molecule has 3 aromatic carbocycles. The van der Waals surface area contributed by atoms with Gasteiger partial charge >= 0.3 is 0 Å². The lowest BCUT2D eigenvalue weighted by atomic mass is 10.2. The van der Waals surface area contributed by atoms with Crippen LogP contribution >= 0.6 is 0 Å². The van der Waals surface area contributed by atoms with Crippen molar-refractivity contribution < 1.29 is 27.4 Å². The molecule has 0 aromatic heterocycles. The summed E-state index contributed by atoms with van der Waals surface area (Å²) in [5.41, 5.74) is 0.355. The summed E-state index contributed by atoms with van der Waals surface area (Å²) in [5.74, 6) is 1.41. The monoisotopic (exact) mass is 482 g/mol. The minimum absolute atomic E-state index is 0.0947. The topological polar surface area (TPSA) is 94.2 Å². The Morgan fingerprint density at radius 2 is 1.68 bits per heavy atom. The molecule has 1 aliphatic rings. The number of fused-ring (bicyclic) bond motifs is 1. The normalized spacial score (nSPS) is 14.8. The van der Waals surface area contributed by atoms with Gasteiger partial charge in [0.15, 0.2) is 11.5 Å². The van der Waals surface area contributed by atoms with Crippen molar-refractivity contribution in [1.82, 2.24) is 5.32 Å². The SMILES string of the molecule is CCOc1ccc(N(CC(=O)NCC2COc3ccccc3O2)S(=O)(=O)c2ccccc2)cc1. The molecule has 0 saturated heterocycles. The number of carbonyl (C=O) groups is 1. The van der Waals surface area contributed by atoms with Crippen molar-refractivity contribution in [3.05, 3.63) is 78.9 Å². The van der Waals surface area contributed by atoms with E-state index in [9.17, 15) is 13.2 Å². The molecule has 0 aliphatic carbocycles. The third kappa shape index (κ3) is 5.43. The average Bonchev–Trinajstić information content (AvgIpc) is 2.87. The molecule has 178 valence electrons. The molecule has 1 aliphatic heterocycles. The lowest BCUT2D eigenvalue weighted by Crippen LogP contribution is -2.45. The van der Waals surface area contributed by atoms with E-state index in [1.54, 1.807) is 48.5 Å². The van der Waals surface area contributed by atoms with E-state index in [0.717, 1.165) is 4.31 Å². The zero-order chi connectivity index (χ0) is 24.0. The molecule has 4 rings (SSSR count). The number of ether oxygens (including phenoxy) is 3. The molecule has 1 N–H and O–H groups in total. The van der Waals surface area contributed by atoms with Crippen molar-refractivity contribution in [3.63, 3.8) is 0 Å². The minimum atomic E-state index is -3.98. The van der Waals surface area contributed by atoms with Crippen LogP contribution in [0, 0.1) is 0 Å². The molecule has 0 radical (unpaired) electrons. The summed E-state index contributed by atoms with van der Waals surface area (Å²) < 4.78 is 44.8. The van der Waals surface area contributed by atoms with Gasteiger partial charge in [-0.25, -0.2) is 8.42 Å². The number of anilines is 1. The number of nitrogens with zero attached hydrogens (tertiary/aromatic N) is 1. The number of hydrogen-bond donors (Lipinski definition) is 1. The second kappa shape index (κ2) is 10.5. The minimum Gasteiger partial charge on any atom is -0.494 e. The largest absolute Gasteiger partial charge is 0.494 e. The van der Waals surface area contributed by atoms with Crippen molar-refractivity contribution >= 4 is 21.6 Å². The fraction of sp³-hybridized carbons (Fsp3) is 0.240. The number of carbonyl (C=O) groups excluding carboxylic acids is 1. The van der Waals surface area contributed by atoms with E-state index in [1.807, 2.05) is 25.1 Å². The van der Waals surface area contributed by atoms with Gasteiger partial charge in [0.05, 0.1) is 23.7 Å². The Kier molecular flexibility index (Phi) is 7.22. The number of hydrogen-bond acceptors (Lipinski definition) is 6. The summed E-state index contributed by atoms with van der Waals surface area (Å²) in [7, 11) is -3.98. The Hall–Kier alpha value is -3.72. The van der Waals surface area contributed by atoms with Crippen LogP contribution in [0.2, 0.25) is 0 Å². The van der Waals surface area contributed by atoms with E-state index >= 15 is 0 Å². The number of para-hydroxylation sites is 2. The Labute approximate surface area is 199 Å². The van der Waals surface area contributed by atoms with Gasteiger partial charge in [0.25, 0.3) is 10.0 Å². The highest BCUT2D eigenvalue weighted by atomic mass is 32.2. The van der Waals surface area contributed by atoms with Crippen LogP contribution in [0.1, 0.15) is 6.92 Å². The zero-order valence-electron chi connectivity index (χ0n) is 18.7. The third-order valence-electron chi connectivity index (χ3n) is 5.15. The van der Waals surface area contributed by atoms with Gasteiger partial charge in [-0.2, -0.15) is 0 Å². The summed E-state index contributed by atoms with van der Waals surface area (Å²) in [5, 5.41) is 2.76. The molecule has 9 heteroatoms. The molecular weight excluding hydrogens is 456 g/mol. The van der Waals surface area contributed by atoms with E-state index in [-0.39, 0.29) is 24.2 Å². The Balaban J connectivity index is 1.48. The maximum Gasteiger partial charge on any atom is 0.264 e. The van der Waals surface area contributed by atoms with Crippen molar-refractivity contribution in [1.29, 1.82) is 0 Å². The number of sulfonamides is 1. The van der Waals surface area contributed by atoms with E-state index in [1.165, 1.54) is 12.1 Å². The fourth-order valence-electron chi connectivity index (χ4n) is 3.49. The van der Waals surface area contributed by atoms with Crippen LogP contribution in [-0.4, -0.2) is 46.7 Å². The highest BCUT2D eigenvalue weighted by Gasteiger charge is 2.28. The summed E-state index contributed by atoms with van der Waals surface area (Å²) >= 11 is 0. The van der Waals surface area contributed by atoms with E-state index in [0.29, 0.717) is 29.5 Å². The lowest BCUT2D eigenvalue weighted by Gasteiger charge is -2.27. The molecule has 1 unspecified atom stereocenters. The Morgan fingerprint density at radius 1 is 1.00 bits per heavy atom. The molecule has 0 spiro atoms. The maximum atomic E-state index is 13.4. The first-order chi connectivity index (χ1) is 16.5. The second-order valence-corrected chi connectivity index (χ2v) is 9.42. The number of nitrogens with one attached hydrogen (secondary N) is 1. The van der Waals surface area contributed by atoms with Crippen LogP contribution in [-0.2, 0) is 14.8 Å². The van der Waals surface area contributed by atoms with Gasteiger partial charge < -0.3 is 19.5 Å². The molecule has 1 atom stereocenters. The quantitative estimate of drug-likeness (QED) is 0.503. The number of rotatable bonds is 9. The molecule has 34 heavy (non-hydrogen) atoms. The number of benzene rings is 3. The van der Waals surface area contributed by atoms with Crippen LogP contribution < -0.4 is 23.8 Å². The van der Waals surface area contributed by atoms with Crippen molar-refractivity contribution in [2.75, 3.05) is 30.6 Å². The molecule has 0 saturated carbocycles. The predicted octanol–water partition coefficient (Wildman–Crippen LogP) is 3.24. The van der Waals surface area contributed by atoms with Gasteiger partial charge in [0.2, 0.25) is 5.91 Å². The van der Waals surface area contributed by atoms with Crippen LogP contribution in [0.4, 0.5) is 5.69 Å². The van der Waals surface area contributed by atoms with E-state index < -0.39 is 22.5 Å². The van der Waals surface area contributed by atoms with Crippen LogP contribution in [0.25, 0.3) is 0 Å². The molecule has 0 bridgehead atoms. The maximum absolute atomic E-state index is 13.4. The molecule has 8 nitrogen and oxygen atoms in total. The molecule has 1 amide bonds. The van der Waals surface area contributed by atoms with Gasteiger partial charge in [-0.15, -0.1) is 0 Å². The Bertz CT molecular complexity index is 1220. The third-order valence-corrected chi connectivity index (χ3v) is 6.94. The molecule has 0 fully saturated rings. The van der Waals surface area contributed by atoms with Gasteiger partial charge in [0, 0.05) is 0 Å².